The molecule has 2 rings (SSSR count). The van der Waals surface area contributed by atoms with E-state index in [4.69, 9.17) is 0 Å². The molecule has 0 spiro atoms. The molecule has 0 aliphatic heterocycles. The van der Waals surface area contributed by atoms with Crippen molar-refractivity contribution in [1.29, 1.82) is 0 Å². The zero-order valence-electron chi connectivity index (χ0n) is 15.6. The summed E-state index contributed by atoms with van der Waals surface area (Å²) < 4.78 is 0. The van der Waals surface area contributed by atoms with Gasteiger partial charge < -0.3 is 10.0 Å². The third-order valence-electron chi connectivity index (χ3n) is 5.07. The molecule has 0 saturated heterocycles. The van der Waals surface area contributed by atoms with E-state index in [1.165, 1.54) is 5.56 Å². The van der Waals surface area contributed by atoms with Gasteiger partial charge in [0, 0.05) is 7.05 Å². The van der Waals surface area contributed by atoms with Crippen molar-refractivity contribution in [3.05, 3.63) is 71.8 Å². The summed E-state index contributed by atoms with van der Waals surface area (Å²) in [6.45, 7) is 5.61. The molecule has 0 aliphatic carbocycles. The first-order valence-corrected chi connectivity index (χ1v) is 8.88. The van der Waals surface area contributed by atoms with E-state index in [1.54, 1.807) is 11.8 Å². The maximum absolute atomic E-state index is 12.8. The fourth-order valence-corrected chi connectivity index (χ4v) is 2.80. The van der Waals surface area contributed by atoms with Gasteiger partial charge in [-0.25, -0.2) is 0 Å². The monoisotopic (exact) mass is 339 g/mol. The lowest BCUT2D eigenvalue weighted by Crippen LogP contribution is -2.41. The van der Waals surface area contributed by atoms with Gasteiger partial charge in [0.05, 0.1) is 18.1 Å². The van der Waals surface area contributed by atoms with Crippen LogP contribution >= 0.6 is 0 Å². The molecule has 134 valence electrons. The van der Waals surface area contributed by atoms with Crippen molar-refractivity contribution in [1.82, 2.24) is 4.90 Å². The lowest BCUT2D eigenvalue weighted by Gasteiger charge is -2.33. The molecule has 1 amide bonds. The van der Waals surface area contributed by atoms with Crippen LogP contribution in [0, 0.1) is 5.92 Å². The summed E-state index contributed by atoms with van der Waals surface area (Å²) in [6.07, 6.45) is 0.871. The number of aliphatic hydroxyl groups is 1. The number of amides is 1. The molecular weight excluding hydrogens is 310 g/mol. The Kier molecular flexibility index (Phi) is 6.38. The number of likely N-dealkylation sites (N-methyl/N-ethyl adjacent to an activating group) is 1. The van der Waals surface area contributed by atoms with Gasteiger partial charge in [0.2, 0.25) is 5.91 Å². The smallest absolute Gasteiger partial charge is 0.225 e. The molecule has 0 radical (unpaired) electrons. The van der Waals surface area contributed by atoms with Crippen LogP contribution in [0.2, 0.25) is 0 Å². The molecule has 0 fully saturated rings. The van der Waals surface area contributed by atoms with Gasteiger partial charge in [-0.15, -0.1) is 0 Å². The lowest BCUT2D eigenvalue weighted by atomic mass is 9.88. The highest BCUT2D eigenvalue weighted by Gasteiger charge is 2.31. The predicted molar refractivity (Wildman–Crippen MR) is 102 cm³/mol. The molecular formula is C22H29NO2. The largest absolute Gasteiger partial charge is 0.389 e. The van der Waals surface area contributed by atoms with Gasteiger partial charge in [0.15, 0.2) is 0 Å². The maximum atomic E-state index is 12.8. The van der Waals surface area contributed by atoms with Crippen LogP contribution in [0.5, 0.6) is 0 Å². The van der Waals surface area contributed by atoms with E-state index in [0.717, 1.165) is 12.0 Å². The number of nitrogens with zero attached hydrogens (tertiary/aromatic N) is 1. The summed E-state index contributed by atoms with van der Waals surface area (Å²) in [5.41, 5.74) is 1.29. The van der Waals surface area contributed by atoms with Crippen LogP contribution in [0.3, 0.4) is 0 Å². The van der Waals surface area contributed by atoms with E-state index in [9.17, 15) is 9.90 Å². The van der Waals surface area contributed by atoms with Gasteiger partial charge in [-0.05, 0) is 30.4 Å². The second-order valence-corrected chi connectivity index (χ2v) is 7.31. The van der Waals surface area contributed by atoms with E-state index in [0.29, 0.717) is 0 Å². The summed E-state index contributed by atoms with van der Waals surface area (Å²) in [7, 11) is 1.83. The van der Waals surface area contributed by atoms with Crippen molar-refractivity contribution in [2.75, 3.05) is 7.05 Å². The quantitative estimate of drug-likeness (QED) is 0.820. The number of hydrogen-bond acceptors (Lipinski definition) is 2. The minimum atomic E-state index is -1.00. The minimum Gasteiger partial charge on any atom is -0.389 e. The Morgan fingerprint density at radius 2 is 1.56 bits per heavy atom. The molecule has 2 atom stereocenters. The van der Waals surface area contributed by atoms with Crippen LogP contribution in [0.25, 0.3) is 0 Å². The normalized spacial score (nSPS) is 14.8. The zero-order chi connectivity index (χ0) is 18.4. The van der Waals surface area contributed by atoms with Crippen LogP contribution in [-0.4, -0.2) is 28.6 Å². The van der Waals surface area contributed by atoms with Gasteiger partial charge in [-0.2, -0.15) is 0 Å². The van der Waals surface area contributed by atoms with Gasteiger partial charge in [0.25, 0.3) is 0 Å². The highest BCUT2D eigenvalue weighted by molar-refractivity contribution is 5.77. The molecule has 2 aromatic rings. The molecule has 3 heteroatoms. The minimum absolute atomic E-state index is 0.0224. The second kappa shape index (κ2) is 8.30. The fraction of sp³-hybridized carbons (Fsp3) is 0.409. The molecule has 0 aliphatic rings. The first kappa shape index (κ1) is 19.2. The van der Waals surface area contributed by atoms with Crippen LogP contribution in [0.15, 0.2) is 60.7 Å². The van der Waals surface area contributed by atoms with Crippen molar-refractivity contribution in [3.8, 4) is 0 Å². The number of rotatable bonds is 7. The Morgan fingerprint density at radius 1 is 1.04 bits per heavy atom. The molecule has 2 aromatic carbocycles. The fourth-order valence-electron chi connectivity index (χ4n) is 2.80. The molecule has 0 bridgehead atoms. The summed E-state index contributed by atoms with van der Waals surface area (Å²) in [5, 5.41) is 10.5. The summed E-state index contributed by atoms with van der Waals surface area (Å²) in [5.74, 6) is -0.0161. The van der Waals surface area contributed by atoms with Crippen LogP contribution in [-0.2, 0) is 11.2 Å². The van der Waals surface area contributed by atoms with Crippen molar-refractivity contribution in [2.24, 2.45) is 5.92 Å². The number of carbonyl (C=O) groups is 1. The van der Waals surface area contributed by atoms with Crippen molar-refractivity contribution in [2.45, 2.75) is 45.3 Å². The molecule has 25 heavy (non-hydrogen) atoms. The van der Waals surface area contributed by atoms with Crippen molar-refractivity contribution < 1.29 is 9.90 Å². The summed E-state index contributed by atoms with van der Waals surface area (Å²) in [4.78, 5) is 14.6. The maximum Gasteiger partial charge on any atom is 0.225 e. The zero-order valence-corrected chi connectivity index (χ0v) is 15.6. The van der Waals surface area contributed by atoms with E-state index >= 15 is 0 Å². The van der Waals surface area contributed by atoms with Crippen LogP contribution < -0.4 is 0 Å². The van der Waals surface area contributed by atoms with Crippen molar-refractivity contribution >= 4 is 5.91 Å². The van der Waals surface area contributed by atoms with Gasteiger partial charge in [0.1, 0.15) is 0 Å². The summed E-state index contributed by atoms with van der Waals surface area (Å²) >= 11 is 0. The van der Waals surface area contributed by atoms with Crippen LogP contribution in [0.4, 0.5) is 0 Å². The van der Waals surface area contributed by atoms with E-state index < -0.39 is 5.60 Å². The number of hydrogen-bond donors (Lipinski definition) is 1. The topological polar surface area (TPSA) is 40.5 Å². The Labute approximate surface area is 151 Å². The van der Waals surface area contributed by atoms with E-state index in [-0.39, 0.29) is 24.3 Å². The highest BCUT2D eigenvalue weighted by atomic mass is 16.3. The number of benzene rings is 2. The highest BCUT2D eigenvalue weighted by Crippen LogP contribution is 2.27. The Hall–Kier alpha value is -2.13. The molecule has 1 N–H and O–H groups in total. The first-order chi connectivity index (χ1) is 11.8. The standard InChI is InChI=1S/C22H29NO2/c1-17(2)22(3,25)16-21(24)23(4)20(19-13-9-6-10-14-19)15-18-11-7-5-8-12-18/h5-14,17,20,25H,15-16H2,1-4H3/t20-,22-/m0/s1. The van der Waals surface area contributed by atoms with Gasteiger partial charge in [-0.1, -0.05) is 74.5 Å². The molecule has 0 saturated carbocycles. The predicted octanol–water partition coefficient (Wildman–Crippen LogP) is 4.23. The Balaban J connectivity index is 2.24. The lowest BCUT2D eigenvalue weighted by molar-refractivity contribution is -0.138. The Bertz CT molecular complexity index is 665. The van der Waals surface area contributed by atoms with E-state index in [1.807, 2.05) is 57.3 Å². The molecule has 0 heterocycles. The third kappa shape index (κ3) is 5.17. The SMILES string of the molecule is CC(C)[C@@](C)(O)CC(=O)N(C)[C@@H](Cc1ccccc1)c1ccccc1. The Morgan fingerprint density at radius 3 is 2.08 bits per heavy atom. The molecule has 0 unspecified atom stereocenters. The second-order valence-electron chi connectivity index (χ2n) is 7.31. The van der Waals surface area contributed by atoms with Crippen LogP contribution in [0.1, 0.15) is 44.4 Å². The third-order valence-corrected chi connectivity index (χ3v) is 5.07. The first-order valence-electron chi connectivity index (χ1n) is 8.88. The summed E-state index contributed by atoms with van der Waals surface area (Å²) in [6, 6.07) is 20.2. The van der Waals surface area contributed by atoms with E-state index in [2.05, 4.69) is 24.3 Å². The average Bonchev–Trinajstić information content (AvgIpc) is 2.60. The van der Waals surface area contributed by atoms with Gasteiger partial charge in [-0.3, -0.25) is 4.79 Å². The number of carbonyl (C=O) groups excluding carboxylic acids is 1. The molecule has 3 nitrogen and oxygen atoms in total. The average molecular weight is 339 g/mol. The van der Waals surface area contributed by atoms with Crippen molar-refractivity contribution in [3.63, 3.8) is 0 Å². The molecule has 0 aromatic heterocycles. The van der Waals surface area contributed by atoms with Gasteiger partial charge >= 0.3 is 0 Å².